The molecule has 16 heavy (non-hydrogen) atoms. The van der Waals surface area contributed by atoms with Gasteiger partial charge in [0.15, 0.2) is 0 Å². The van der Waals surface area contributed by atoms with Crippen molar-refractivity contribution in [2.24, 2.45) is 0 Å². The summed E-state index contributed by atoms with van der Waals surface area (Å²) in [5.41, 5.74) is 0.791. The molecule has 0 spiro atoms. The van der Waals surface area contributed by atoms with Gasteiger partial charge < -0.3 is 0 Å². The van der Waals surface area contributed by atoms with Gasteiger partial charge in [0.1, 0.15) is 0 Å². The monoisotopic (exact) mass is 305 g/mol. The van der Waals surface area contributed by atoms with Gasteiger partial charge in [-0.2, -0.15) is 0 Å². The minimum atomic E-state index is -3.22. The van der Waals surface area contributed by atoms with Crippen LogP contribution >= 0.6 is 15.9 Å². The van der Waals surface area contributed by atoms with Crippen LogP contribution < -0.4 is 4.72 Å². The van der Waals surface area contributed by atoms with Crippen molar-refractivity contribution in [3.8, 4) is 0 Å². The molecule has 90 valence electrons. The van der Waals surface area contributed by atoms with Crippen molar-refractivity contribution in [2.75, 3.05) is 0 Å². The van der Waals surface area contributed by atoms with E-state index in [4.69, 9.17) is 0 Å². The van der Waals surface area contributed by atoms with E-state index in [9.17, 15) is 8.42 Å². The van der Waals surface area contributed by atoms with Gasteiger partial charge in [0.05, 0.1) is 5.75 Å². The first-order valence-electron chi connectivity index (χ1n) is 5.17. The second kappa shape index (κ2) is 5.80. The van der Waals surface area contributed by atoms with Crippen LogP contribution in [0.15, 0.2) is 28.7 Å². The molecule has 1 aromatic carbocycles. The third-order valence-corrected chi connectivity index (χ3v) is 4.27. The van der Waals surface area contributed by atoms with Crippen molar-refractivity contribution in [3.63, 3.8) is 0 Å². The molecule has 0 saturated heterocycles. The Kier molecular flexibility index (Phi) is 4.95. The predicted octanol–water partition coefficient (Wildman–Crippen LogP) is 2.67. The van der Waals surface area contributed by atoms with Gasteiger partial charge in [-0.15, -0.1) is 0 Å². The first kappa shape index (κ1) is 13.7. The fourth-order valence-electron chi connectivity index (χ4n) is 1.23. The zero-order valence-electron chi connectivity index (χ0n) is 9.40. The Bertz CT molecular complexity index is 428. The van der Waals surface area contributed by atoms with Gasteiger partial charge in [-0.3, -0.25) is 0 Å². The molecular weight excluding hydrogens is 290 g/mol. The van der Waals surface area contributed by atoms with Crippen LogP contribution in [-0.4, -0.2) is 14.5 Å². The summed E-state index contributed by atoms with van der Waals surface area (Å²) in [7, 11) is -3.22. The maximum absolute atomic E-state index is 11.7. The molecule has 0 saturated carbocycles. The number of rotatable bonds is 5. The Morgan fingerprint density at radius 2 is 1.88 bits per heavy atom. The first-order valence-corrected chi connectivity index (χ1v) is 7.62. The third-order valence-electron chi connectivity index (χ3n) is 2.26. The third kappa shape index (κ3) is 4.63. The topological polar surface area (TPSA) is 46.2 Å². The SMILES string of the molecule is CCC(C)NS(=O)(=O)Cc1ccc(Br)cc1. The fraction of sp³-hybridized carbons (Fsp3) is 0.455. The minimum absolute atomic E-state index is 0.0135. The molecule has 0 aliphatic carbocycles. The molecular formula is C11H16BrNO2S. The van der Waals surface area contributed by atoms with Gasteiger partial charge >= 0.3 is 0 Å². The van der Waals surface area contributed by atoms with Crippen molar-refractivity contribution >= 4 is 26.0 Å². The van der Waals surface area contributed by atoms with E-state index in [2.05, 4.69) is 20.7 Å². The lowest BCUT2D eigenvalue weighted by molar-refractivity contribution is 0.555. The van der Waals surface area contributed by atoms with Gasteiger partial charge in [0, 0.05) is 10.5 Å². The van der Waals surface area contributed by atoms with Gasteiger partial charge in [-0.05, 0) is 31.0 Å². The molecule has 0 bridgehead atoms. The molecule has 0 heterocycles. The van der Waals surface area contributed by atoms with E-state index in [1.54, 1.807) is 12.1 Å². The first-order chi connectivity index (χ1) is 7.43. The number of halogens is 1. The van der Waals surface area contributed by atoms with Crippen molar-refractivity contribution in [1.29, 1.82) is 0 Å². The molecule has 5 heteroatoms. The highest BCUT2D eigenvalue weighted by Gasteiger charge is 2.13. The lowest BCUT2D eigenvalue weighted by Gasteiger charge is -2.11. The summed E-state index contributed by atoms with van der Waals surface area (Å²) in [4.78, 5) is 0. The maximum Gasteiger partial charge on any atom is 0.216 e. The van der Waals surface area contributed by atoms with Crippen LogP contribution in [0.25, 0.3) is 0 Å². The molecule has 0 aromatic heterocycles. The van der Waals surface area contributed by atoms with Crippen LogP contribution in [-0.2, 0) is 15.8 Å². The Hall–Kier alpha value is -0.390. The number of sulfonamides is 1. The van der Waals surface area contributed by atoms with Gasteiger partial charge in [0.25, 0.3) is 0 Å². The molecule has 1 unspecified atom stereocenters. The highest BCUT2D eigenvalue weighted by atomic mass is 79.9. The standard InChI is InChI=1S/C11H16BrNO2S/c1-3-9(2)13-16(14,15)8-10-4-6-11(12)7-5-10/h4-7,9,13H,3,8H2,1-2H3. The Morgan fingerprint density at radius 1 is 1.31 bits per heavy atom. The fourth-order valence-corrected chi connectivity index (χ4v) is 2.99. The van der Waals surface area contributed by atoms with E-state index in [0.717, 1.165) is 16.5 Å². The molecule has 0 aliphatic heterocycles. The quantitative estimate of drug-likeness (QED) is 0.909. The van der Waals surface area contributed by atoms with Gasteiger partial charge in [-0.25, -0.2) is 13.1 Å². The summed E-state index contributed by atoms with van der Waals surface area (Å²) < 4.78 is 27.0. The van der Waals surface area contributed by atoms with Crippen LogP contribution in [0.2, 0.25) is 0 Å². The summed E-state index contributed by atoms with van der Waals surface area (Å²) >= 11 is 3.31. The number of hydrogen-bond acceptors (Lipinski definition) is 2. The average Bonchev–Trinajstić information content (AvgIpc) is 2.20. The van der Waals surface area contributed by atoms with Crippen molar-refractivity contribution in [3.05, 3.63) is 34.3 Å². The van der Waals surface area contributed by atoms with Crippen molar-refractivity contribution in [1.82, 2.24) is 4.72 Å². The number of benzene rings is 1. The summed E-state index contributed by atoms with van der Waals surface area (Å²) in [6.07, 6.45) is 0.791. The van der Waals surface area contributed by atoms with Gasteiger partial charge in [-0.1, -0.05) is 35.0 Å². The lowest BCUT2D eigenvalue weighted by Crippen LogP contribution is -2.32. The van der Waals surface area contributed by atoms with E-state index in [0.29, 0.717) is 0 Å². The molecule has 1 aromatic rings. The molecule has 0 amide bonds. The molecule has 0 radical (unpaired) electrons. The highest BCUT2D eigenvalue weighted by Crippen LogP contribution is 2.12. The molecule has 3 nitrogen and oxygen atoms in total. The molecule has 1 N–H and O–H groups in total. The second-order valence-corrected chi connectivity index (χ2v) is 6.48. The van der Waals surface area contributed by atoms with Crippen LogP contribution in [0.3, 0.4) is 0 Å². The lowest BCUT2D eigenvalue weighted by atomic mass is 10.2. The Balaban J connectivity index is 2.69. The van der Waals surface area contributed by atoms with E-state index in [1.165, 1.54) is 0 Å². The van der Waals surface area contributed by atoms with Crippen LogP contribution in [0.4, 0.5) is 0 Å². The van der Waals surface area contributed by atoms with Crippen LogP contribution in [0.1, 0.15) is 25.8 Å². The highest BCUT2D eigenvalue weighted by molar-refractivity contribution is 9.10. The maximum atomic E-state index is 11.7. The van der Waals surface area contributed by atoms with Crippen molar-refractivity contribution in [2.45, 2.75) is 32.1 Å². The molecule has 1 rings (SSSR count). The Labute approximate surface area is 105 Å². The van der Waals surface area contributed by atoms with E-state index < -0.39 is 10.0 Å². The number of hydrogen-bond donors (Lipinski definition) is 1. The van der Waals surface area contributed by atoms with Gasteiger partial charge in [0.2, 0.25) is 10.0 Å². The Morgan fingerprint density at radius 3 is 2.38 bits per heavy atom. The zero-order chi connectivity index (χ0) is 12.2. The predicted molar refractivity (Wildman–Crippen MR) is 69.7 cm³/mol. The molecule has 0 fully saturated rings. The smallest absolute Gasteiger partial charge is 0.212 e. The summed E-state index contributed by atoms with van der Waals surface area (Å²) in [6, 6.07) is 7.28. The van der Waals surface area contributed by atoms with Crippen LogP contribution in [0.5, 0.6) is 0 Å². The molecule has 0 aliphatic rings. The summed E-state index contributed by atoms with van der Waals surface area (Å²) in [5, 5.41) is 0. The summed E-state index contributed by atoms with van der Waals surface area (Å²) in [6.45, 7) is 3.81. The normalized spacial score (nSPS) is 13.7. The summed E-state index contributed by atoms with van der Waals surface area (Å²) in [5.74, 6) is 0.0324. The van der Waals surface area contributed by atoms with Crippen LogP contribution in [0, 0.1) is 0 Å². The van der Waals surface area contributed by atoms with E-state index >= 15 is 0 Å². The van der Waals surface area contributed by atoms with E-state index in [1.807, 2.05) is 26.0 Å². The average molecular weight is 306 g/mol. The second-order valence-electron chi connectivity index (χ2n) is 3.81. The largest absolute Gasteiger partial charge is 0.216 e. The number of nitrogens with one attached hydrogen (secondary N) is 1. The molecule has 1 atom stereocenters. The van der Waals surface area contributed by atoms with E-state index in [-0.39, 0.29) is 11.8 Å². The zero-order valence-corrected chi connectivity index (χ0v) is 11.8. The minimum Gasteiger partial charge on any atom is -0.212 e. The van der Waals surface area contributed by atoms with Crippen molar-refractivity contribution < 1.29 is 8.42 Å².